The largest absolute Gasteiger partial charge is 0.352 e. The van der Waals surface area contributed by atoms with Crippen molar-refractivity contribution in [2.45, 2.75) is 23.6 Å². The molecule has 0 radical (unpaired) electrons. The van der Waals surface area contributed by atoms with Crippen LogP contribution < -0.4 is 5.32 Å². The first-order valence-electron chi connectivity index (χ1n) is 5.48. The SMILES string of the molecule is CC(CS(C)(=O)=O)NC(=O)Cc1ccc(S(=O)(=O)Cl)s1. The van der Waals surface area contributed by atoms with Gasteiger partial charge < -0.3 is 5.32 Å². The van der Waals surface area contributed by atoms with Crippen molar-refractivity contribution in [3.05, 3.63) is 17.0 Å². The lowest BCUT2D eigenvalue weighted by Crippen LogP contribution is -2.38. The third-order valence-electron chi connectivity index (χ3n) is 2.17. The maximum atomic E-state index is 11.7. The molecule has 20 heavy (non-hydrogen) atoms. The molecule has 1 N–H and O–H groups in total. The Morgan fingerprint density at radius 1 is 1.35 bits per heavy atom. The van der Waals surface area contributed by atoms with Crippen LogP contribution in [0.4, 0.5) is 0 Å². The summed E-state index contributed by atoms with van der Waals surface area (Å²) in [5.74, 6) is -0.522. The number of nitrogens with one attached hydrogen (secondary N) is 1. The summed E-state index contributed by atoms with van der Waals surface area (Å²) in [6.07, 6.45) is 1.07. The lowest BCUT2D eigenvalue weighted by atomic mass is 10.3. The third-order valence-corrected chi connectivity index (χ3v) is 6.46. The fraction of sp³-hybridized carbons (Fsp3) is 0.500. The van der Waals surface area contributed by atoms with Crippen LogP contribution in [0.1, 0.15) is 11.8 Å². The monoisotopic (exact) mass is 359 g/mol. The van der Waals surface area contributed by atoms with E-state index < -0.39 is 24.9 Å². The maximum absolute atomic E-state index is 11.7. The normalized spacial score (nSPS) is 13.9. The average molecular weight is 360 g/mol. The van der Waals surface area contributed by atoms with Crippen molar-refractivity contribution in [2.75, 3.05) is 12.0 Å². The van der Waals surface area contributed by atoms with E-state index in [4.69, 9.17) is 10.7 Å². The molecular formula is C10H14ClNO5S3. The van der Waals surface area contributed by atoms with Crippen molar-refractivity contribution < 1.29 is 21.6 Å². The van der Waals surface area contributed by atoms with Gasteiger partial charge in [0.25, 0.3) is 9.05 Å². The van der Waals surface area contributed by atoms with Gasteiger partial charge in [-0.25, -0.2) is 16.8 Å². The molecular weight excluding hydrogens is 346 g/mol. The molecule has 0 aromatic carbocycles. The lowest BCUT2D eigenvalue weighted by molar-refractivity contribution is -0.120. The Bertz CT molecular complexity index is 692. The van der Waals surface area contributed by atoms with E-state index in [-0.39, 0.29) is 22.3 Å². The fourth-order valence-electron chi connectivity index (χ4n) is 1.56. The van der Waals surface area contributed by atoms with Crippen LogP contribution in [0.15, 0.2) is 16.3 Å². The van der Waals surface area contributed by atoms with Gasteiger partial charge in [-0.2, -0.15) is 0 Å². The second kappa shape index (κ2) is 6.42. The number of halogens is 1. The van der Waals surface area contributed by atoms with E-state index in [9.17, 15) is 21.6 Å². The van der Waals surface area contributed by atoms with Crippen LogP contribution in [0, 0.1) is 0 Å². The van der Waals surface area contributed by atoms with Crippen molar-refractivity contribution in [2.24, 2.45) is 0 Å². The minimum absolute atomic E-state index is 0.0221. The summed E-state index contributed by atoms with van der Waals surface area (Å²) in [5, 5.41) is 2.54. The van der Waals surface area contributed by atoms with E-state index in [1.165, 1.54) is 12.1 Å². The van der Waals surface area contributed by atoms with E-state index in [1.54, 1.807) is 6.92 Å². The molecule has 1 rings (SSSR count). The van der Waals surface area contributed by atoms with E-state index in [0.717, 1.165) is 17.6 Å². The summed E-state index contributed by atoms with van der Waals surface area (Å²) in [7, 11) is -1.77. The molecule has 0 saturated carbocycles. The highest BCUT2D eigenvalue weighted by Gasteiger charge is 2.16. The Hall–Kier alpha value is -0.640. The predicted molar refractivity (Wildman–Crippen MR) is 78.4 cm³/mol. The predicted octanol–water partition coefficient (Wildman–Crippen LogP) is 0.767. The van der Waals surface area contributed by atoms with Crippen molar-refractivity contribution in [1.82, 2.24) is 5.32 Å². The van der Waals surface area contributed by atoms with Crippen LogP contribution >= 0.6 is 22.0 Å². The molecule has 1 heterocycles. The summed E-state index contributed by atoms with van der Waals surface area (Å²) < 4.78 is 44.3. The molecule has 10 heteroatoms. The van der Waals surface area contributed by atoms with Crippen LogP contribution in [0.3, 0.4) is 0 Å². The lowest BCUT2D eigenvalue weighted by Gasteiger charge is -2.12. The van der Waals surface area contributed by atoms with Crippen LogP contribution in [-0.4, -0.2) is 40.8 Å². The second-order valence-corrected chi connectivity index (χ2v) is 10.5. The van der Waals surface area contributed by atoms with Gasteiger partial charge in [-0.05, 0) is 19.1 Å². The molecule has 114 valence electrons. The van der Waals surface area contributed by atoms with E-state index in [1.807, 2.05) is 0 Å². The molecule has 0 aliphatic carbocycles. The van der Waals surface area contributed by atoms with Crippen molar-refractivity contribution in [3.8, 4) is 0 Å². The quantitative estimate of drug-likeness (QED) is 0.756. The molecule has 0 saturated heterocycles. The number of carbonyl (C=O) groups excluding carboxylic acids is 1. The highest BCUT2D eigenvalue weighted by molar-refractivity contribution is 8.15. The first-order chi connectivity index (χ1) is 8.97. The van der Waals surface area contributed by atoms with Gasteiger partial charge in [0.05, 0.1) is 12.2 Å². The summed E-state index contributed by atoms with van der Waals surface area (Å²) >= 11 is 0.909. The molecule has 1 unspecified atom stereocenters. The van der Waals surface area contributed by atoms with Gasteiger partial charge in [0, 0.05) is 27.9 Å². The second-order valence-electron chi connectivity index (χ2n) is 4.40. The zero-order chi connectivity index (χ0) is 15.6. The van der Waals surface area contributed by atoms with Gasteiger partial charge in [0.2, 0.25) is 5.91 Å². The molecule has 1 aromatic rings. The number of sulfone groups is 1. The molecule has 0 bridgehead atoms. The summed E-state index contributed by atoms with van der Waals surface area (Å²) in [4.78, 5) is 12.2. The fourth-order valence-corrected chi connectivity index (χ4v) is 4.68. The van der Waals surface area contributed by atoms with E-state index >= 15 is 0 Å². The molecule has 6 nitrogen and oxygen atoms in total. The molecule has 0 aliphatic rings. The molecule has 0 fully saturated rings. The summed E-state index contributed by atoms with van der Waals surface area (Å²) in [6, 6.07) is 2.32. The zero-order valence-corrected chi connectivity index (χ0v) is 14.0. The number of rotatable bonds is 6. The van der Waals surface area contributed by atoms with Crippen molar-refractivity contribution >= 4 is 46.8 Å². The van der Waals surface area contributed by atoms with Gasteiger partial charge in [-0.15, -0.1) is 11.3 Å². The minimum Gasteiger partial charge on any atom is -0.352 e. The molecule has 0 spiro atoms. The molecule has 1 atom stereocenters. The van der Waals surface area contributed by atoms with Crippen molar-refractivity contribution in [3.63, 3.8) is 0 Å². The summed E-state index contributed by atoms with van der Waals surface area (Å²) in [5.41, 5.74) is 0. The molecule has 1 aromatic heterocycles. The number of hydrogen-bond donors (Lipinski definition) is 1. The highest BCUT2D eigenvalue weighted by Crippen LogP contribution is 2.24. The first-order valence-corrected chi connectivity index (χ1v) is 10.7. The molecule has 0 aliphatic heterocycles. The standard InChI is InChI=1S/C10H14ClNO5S3/c1-7(6-19(2,14)15)12-9(13)5-8-3-4-10(18-8)20(11,16)17/h3-4,7H,5-6H2,1-2H3,(H,12,13). The van der Waals surface area contributed by atoms with Crippen LogP contribution in [0.25, 0.3) is 0 Å². The first kappa shape index (κ1) is 17.4. The third kappa shape index (κ3) is 6.21. The Morgan fingerprint density at radius 2 is 1.95 bits per heavy atom. The number of carbonyl (C=O) groups is 1. The molecule has 1 amide bonds. The highest BCUT2D eigenvalue weighted by atomic mass is 35.7. The van der Waals surface area contributed by atoms with E-state index in [2.05, 4.69) is 5.32 Å². The number of hydrogen-bond acceptors (Lipinski definition) is 6. The van der Waals surface area contributed by atoms with Crippen LogP contribution in [0.2, 0.25) is 0 Å². The smallest absolute Gasteiger partial charge is 0.270 e. The Labute approximate surface area is 126 Å². The van der Waals surface area contributed by atoms with Gasteiger partial charge in [-0.1, -0.05) is 0 Å². The van der Waals surface area contributed by atoms with Gasteiger partial charge >= 0.3 is 0 Å². The minimum atomic E-state index is -3.79. The van der Waals surface area contributed by atoms with E-state index in [0.29, 0.717) is 4.88 Å². The number of thiophene rings is 1. The van der Waals surface area contributed by atoms with Crippen LogP contribution in [-0.2, 0) is 30.1 Å². The average Bonchev–Trinajstić information content (AvgIpc) is 2.61. The summed E-state index contributed by atoms with van der Waals surface area (Å²) in [6.45, 7) is 1.59. The van der Waals surface area contributed by atoms with Gasteiger partial charge in [0.15, 0.2) is 0 Å². The van der Waals surface area contributed by atoms with Crippen molar-refractivity contribution in [1.29, 1.82) is 0 Å². The van der Waals surface area contributed by atoms with Gasteiger partial charge in [0.1, 0.15) is 14.0 Å². The van der Waals surface area contributed by atoms with Crippen LogP contribution in [0.5, 0.6) is 0 Å². The zero-order valence-electron chi connectivity index (χ0n) is 10.8. The number of amides is 1. The Morgan fingerprint density at radius 3 is 2.40 bits per heavy atom. The Kier molecular flexibility index (Phi) is 5.59. The topological polar surface area (TPSA) is 97.4 Å². The maximum Gasteiger partial charge on any atom is 0.270 e. The van der Waals surface area contributed by atoms with Gasteiger partial charge in [-0.3, -0.25) is 4.79 Å². The Balaban J connectivity index is 2.61.